The van der Waals surface area contributed by atoms with Gasteiger partial charge in [-0.3, -0.25) is 0 Å². The first-order valence-corrected chi connectivity index (χ1v) is 20.1. The Kier molecular flexibility index (Phi) is 6.73. The quantitative estimate of drug-likeness (QED) is 0.179. The minimum atomic E-state index is 0.662. The van der Waals surface area contributed by atoms with Gasteiger partial charge in [0.25, 0.3) is 0 Å². The predicted molar refractivity (Wildman–Crippen MR) is 245 cm³/mol. The van der Waals surface area contributed by atoms with E-state index in [2.05, 4.69) is 161 Å². The molecule has 4 heterocycles. The van der Waals surface area contributed by atoms with Gasteiger partial charge in [0.1, 0.15) is 22.3 Å². The molecule has 278 valence electrons. The van der Waals surface area contributed by atoms with Crippen molar-refractivity contribution in [3.63, 3.8) is 0 Å². The van der Waals surface area contributed by atoms with Crippen molar-refractivity contribution < 1.29 is 8.83 Å². The maximum atomic E-state index is 9.24. The number of para-hydroxylation sites is 3. The van der Waals surface area contributed by atoms with Gasteiger partial charge in [-0.1, -0.05) is 91.0 Å². The van der Waals surface area contributed by atoms with Gasteiger partial charge in [-0.15, -0.1) is 0 Å². The summed E-state index contributed by atoms with van der Waals surface area (Å²) < 4.78 is 17.5. The minimum Gasteiger partial charge on any atom is -0.456 e. The monoisotopic (exact) mass is 765 g/mol. The minimum absolute atomic E-state index is 0.662. The molecule has 0 saturated carbocycles. The Morgan fingerprint density at radius 3 is 1.53 bits per heavy atom. The molecule has 0 saturated heterocycles. The Hall–Kier alpha value is -8.33. The van der Waals surface area contributed by atoms with E-state index < -0.39 is 0 Å². The second-order valence-electron chi connectivity index (χ2n) is 15.6. The van der Waals surface area contributed by atoms with Crippen LogP contribution in [0.4, 0.5) is 0 Å². The van der Waals surface area contributed by atoms with Crippen LogP contribution in [0.5, 0.6) is 0 Å². The fourth-order valence-corrected chi connectivity index (χ4v) is 9.57. The van der Waals surface area contributed by atoms with Gasteiger partial charge in [0.2, 0.25) is 0 Å². The largest absolute Gasteiger partial charge is 0.456 e. The summed E-state index contributed by atoms with van der Waals surface area (Å²) in [5.74, 6) is 0. The standard InChI is InChI=1S/C55H31N3O2/c56-32-33-13-15-34(16-14-33)35-17-21-38(22-18-35)57-47-10-4-1-7-40(47)44-29-36(19-25-49(44)57)37-20-26-50-45(30-37)41-8-2-5-11-48(41)58(50)39-23-27-52-46(31-39)42-24-28-53-54(55(42)60-52)43-9-3-6-12-51(43)59-53/h1-31H. The third kappa shape index (κ3) is 4.67. The Morgan fingerprint density at radius 1 is 0.350 bits per heavy atom. The highest BCUT2D eigenvalue weighted by Crippen LogP contribution is 2.42. The molecule has 0 aliphatic heterocycles. The second kappa shape index (κ2) is 12.3. The lowest BCUT2D eigenvalue weighted by atomic mass is 10.0. The Bertz CT molecular complexity index is 3940. The van der Waals surface area contributed by atoms with Gasteiger partial charge in [-0.25, -0.2) is 0 Å². The molecule has 13 rings (SSSR count). The van der Waals surface area contributed by atoms with Crippen molar-refractivity contribution in [3.05, 3.63) is 194 Å². The van der Waals surface area contributed by atoms with Crippen LogP contribution in [-0.4, -0.2) is 9.13 Å². The fraction of sp³-hybridized carbons (Fsp3) is 0. The van der Waals surface area contributed by atoms with Gasteiger partial charge in [0, 0.05) is 49.1 Å². The summed E-state index contributed by atoms with van der Waals surface area (Å²) in [6.45, 7) is 0. The average Bonchev–Trinajstić information content (AvgIpc) is 4.06. The Labute approximate surface area is 342 Å². The van der Waals surface area contributed by atoms with Gasteiger partial charge < -0.3 is 18.0 Å². The van der Waals surface area contributed by atoms with Gasteiger partial charge in [0.05, 0.1) is 39.1 Å². The smallest absolute Gasteiger partial charge is 0.147 e. The number of furan rings is 2. The van der Waals surface area contributed by atoms with Crippen molar-refractivity contribution in [1.29, 1.82) is 5.26 Å². The summed E-state index contributed by atoms with van der Waals surface area (Å²) in [4.78, 5) is 0. The van der Waals surface area contributed by atoms with Crippen molar-refractivity contribution in [1.82, 2.24) is 9.13 Å². The van der Waals surface area contributed by atoms with E-state index in [1.807, 2.05) is 42.5 Å². The molecule has 0 aliphatic rings. The average molecular weight is 766 g/mol. The molecule has 0 spiro atoms. The molecule has 0 radical (unpaired) electrons. The van der Waals surface area contributed by atoms with E-state index in [-0.39, 0.29) is 0 Å². The van der Waals surface area contributed by atoms with E-state index >= 15 is 0 Å². The van der Waals surface area contributed by atoms with E-state index in [0.29, 0.717) is 5.56 Å². The lowest BCUT2D eigenvalue weighted by Gasteiger charge is -2.10. The first-order chi connectivity index (χ1) is 29.7. The SMILES string of the molecule is N#Cc1ccc(-c2ccc(-n3c4ccccc4c4cc(-c5ccc6c(c5)c5ccccc5n6-c5ccc6oc7c(ccc8oc9ccccc9c87)c6c5)ccc43)cc2)cc1. The van der Waals surface area contributed by atoms with Crippen LogP contribution < -0.4 is 0 Å². The van der Waals surface area contributed by atoms with E-state index in [1.165, 1.54) is 38.2 Å². The van der Waals surface area contributed by atoms with E-state index in [0.717, 1.165) is 82.9 Å². The molecular weight excluding hydrogens is 735 g/mol. The molecule has 0 aliphatic carbocycles. The van der Waals surface area contributed by atoms with Crippen LogP contribution >= 0.6 is 0 Å². The topological polar surface area (TPSA) is 59.9 Å². The molecule has 13 aromatic rings. The molecular formula is C55H31N3O2. The molecule has 0 unspecified atom stereocenters. The molecule has 0 fully saturated rings. The molecule has 60 heavy (non-hydrogen) atoms. The molecule has 4 aromatic heterocycles. The van der Waals surface area contributed by atoms with Crippen LogP contribution in [0, 0.1) is 11.3 Å². The molecule has 5 heteroatoms. The highest BCUT2D eigenvalue weighted by molar-refractivity contribution is 6.22. The number of hydrogen-bond donors (Lipinski definition) is 0. The van der Waals surface area contributed by atoms with Crippen LogP contribution in [-0.2, 0) is 0 Å². The summed E-state index contributed by atoms with van der Waals surface area (Å²) >= 11 is 0. The normalized spacial score (nSPS) is 12.0. The molecule has 0 N–H and O–H groups in total. The zero-order chi connectivity index (χ0) is 39.5. The van der Waals surface area contributed by atoms with Crippen LogP contribution in [0.3, 0.4) is 0 Å². The van der Waals surface area contributed by atoms with Crippen LogP contribution in [0.15, 0.2) is 197 Å². The zero-order valence-electron chi connectivity index (χ0n) is 32.1. The number of fused-ring (bicyclic) bond motifs is 13. The van der Waals surface area contributed by atoms with Crippen molar-refractivity contribution in [2.24, 2.45) is 0 Å². The molecule has 0 atom stereocenters. The fourth-order valence-electron chi connectivity index (χ4n) is 9.57. The third-order valence-corrected chi connectivity index (χ3v) is 12.4. The van der Waals surface area contributed by atoms with Gasteiger partial charge in [-0.2, -0.15) is 5.26 Å². The first-order valence-electron chi connectivity index (χ1n) is 20.1. The van der Waals surface area contributed by atoms with Crippen LogP contribution in [0.1, 0.15) is 5.56 Å². The summed E-state index contributed by atoms with van der Waals surface area (Å²) in [5.41, 5.74) is 15.4. The molecule has 0 bridgehead atoms. The van der Waals surface area contributed by atoms with Gasteiger partial charge in [-0.05, 0) is 119 Å². The third-order valence-electron chi connectivity index (χ3n) is 12.4. The van der Waals surface area contributed by atoms with E-state index in [9.17, 15) is 5.26 Å². The number of aromatic nitrogens is 2. The highest BCUT2D eigenvalue weighted by Gasteiger charge is 2.19. The maximum absolute atomic E-state index is 9.24. The van der Waals surface area contributed by atoms with Gasteiger partial charge >= 0.3 is 0 Å². The summed E-state index contributed by atoms with van der Waals surface area (Å²) in [6.07, 6.45) is 0. The lowest BCUT2D eigenvalue weighted by Crippen LogP contribution is -1.94. The highest BCUT2D eigenvalue weighted by atomic mass is 16.3. The number of nitrogens with zero attached hydrogens (tertiary/aromatic N) is 3. The predicted octanol–water partition coefficient (Wildman–Crippen LogP) is 14.9. The van der Waals surface area contributed by atoms with Crippen molar-refractivity contribution in [2.75, 3.05) is 0 Å². The number of nitriles is 1. The zero-order valence-corrected chi connectivity index (χ0v) is 32.1. The van der Waals surface area contributed by atoms with Gasteiger partial charge in [0.15, 0.2) is 0 Å². The van der Waals surface area contributed by atoms with Crippen LogP contribution in [0.2, 0.25) is 0 Å². The second-order valence-corrected chi connectivity index (χ2v) is 15.6. The number of hydrogen-bond acceptors (Lipinski definition) is 3. The Morgan fingerprint density at radius 2 is 0.867 bits per heavy atom. The summed E-state index contributed by atoms with van der Waals surface area (Å²) in [6, 6.07) is 68.6. The first kappa shape index (κ1) is 32.7. The van der Waals surface area contributed by atoms with E-state index in [1.54, 1.807) is 0 Å². The maximum Gasteiger partial charge on any atom is 0.147 e. The molecule has 0 amide bonds. The number of benzene rings is 9. The number of rotatable bonds is 4. The summed E-state index contributed by atoms with van der Waals surface area (Å²) in [7, 11) is 0. The van der Waals surface area contributed by atoms with E-state index in [4.69, 9.17) is 8.83 Å². The molecule has 9 aromatic carbocycles. The summed E-state index contributed by atoms with van der Waals surface area (Å²) in [5, 5.41) is 18.3. The van der Waals surface area contributed by atoms with Crippen molar-refractivity contribution in [3.8, 4) is 39.7 Å². The lowest BCUT2D eigenvalue weighted by molar-refractivity contribution is 0.663. The van der Waals surface area contributed by atoms with Crippen molar-refractivity contribution >= 4 is 87.5 Å². The Balaban J connectivity index is 0.929. The van der Waals surface area contributed by atoms with Crippen molar-refractivity contribution in [2.45, 2.75) is 0 Å². The van der Waals surface area contributed by atoms with Crippen LogP contribution in [0.25, 0.3) is 121 Å². The molecule has 5 nitrogen and oxygen atoms in total.